The van der Waals surface area contributed by atoms with Crippen LogP contribution in [0, 0.1) is 11.3 Å². The topological polar surface area (TPSA) is 83.6 Å². The lowest BCUT2D eigenvalue weighted by atomic mass is 10.2. The number of nitrogens with zero attached hydrogens (tertiary/aromatic N) is 4. The number of aromatic nitrogens is 3. The fraction of sp³-hybridized carbons (Fsp3) is 0.167. The number of benzene rings is 1. The highest BCUT2D eigenvalue weighted by Crippen LogP contribution is 2.09. The monoisotopic (exact) mass is 275 g/mol. The van der Waals surface area contributed by atoms with Crippen LogP contribution in [0.1, 0.15) is 11.4 Å². The minimum atomic E-state index is -0.216. The van der Waals surface area contributed by atoms with Crippen molar-refractivity contribution in [2.45, 2.75) is 13.1 Å². The molecule has 0 aliphatic carbocycles. The standard InChI is InChI=1S/C12H10ClN5O/c13-10-3-1-9(2-4-10)6-15-12(19)7-18-8-16-17-11(18)5-14/h1-4,8H,6-7H2,(H,15,19). The molecule has 1 aromatic carbocycles. The Balaban J connectivity index is 1.89. The van der Waals surface area contributed by atoms with E-state index >= 15 is 0 Å². The fourth-order valence-corrected chi connectivity index (χ4v) is 1.60. The predicted molar refractivity (Wildman–Crippen MR) is 68.0 cm³/mol. The van der Waals surface area contributed by atoms with Crippen LogP contribution in [0.2, 0.25) is 5.02 Å². The maximum Gasteiger partial charge on any atom is 0.240 e. The van der Waals surface area contributed by atoms with Crippen molar-refractivity contribution in [3.8, 4) is 6.07 Å². The molecule has 0 unspecified atom stereocenters. The van der Waals surface area contributed by atoms with Crippen LogP contribution in [0.5, 0.6) is 0 Å². The molecule has 0 aliphatic heterocycles. The zero-order chi connectivity index (χ0) is 13.7. The third-order valence-electron chi connectivity index (χ3n) is 2.43. The fourth-order valence-electron chi connectivity index (χ4n) is 1.47. The molecule has 2 rings (SSSR count). The average Bonchev–Trinajstić information content (AvgIpc) is 2.85. The summed E-state index contributed by atoms with van der Waals surface area (Å²) in [5, 5.41) is 19.3. The van der Waals surface area contributed by atoms with Gasteiger partial charge in [-0.1, -0.05) is 23.7 Å². The quantitative estimate of drug-likeness (QED) is 0.906. The molecule has 6 nitrogen and oxygen atoms in total. The van der Waals surface area contributed by atoms with E-state index < -0.39 is 0 Å². The number of rotatable bonds is 4. The SMILES string of the molecule is N#Cc1nncn1CC(=O)NCc1ccc(Cl)cc1. The van der Waals surface area contributed by atoms with E-state index in [0.29, 0.717) is 11.6 Å². The van der Waals surface area contributed by atoms with E-state index in [1.165, 1.54) is 10.9 Å². The number of hydrogen-bond donors (Lipinski definition) is 1. The molecule has 1 N–H and O–H groups in total. The second-order valence-corrected chi connectivity index (χ2v) is 4.23. The molecule has 19 heavy (non-hydrogen) atoms. The van der Waals surface area contributed by atoms with Crippen LogP contribution >= 0.6 is 11.6 Å². The number of nitrogens with one attached hydrogen (secondary N) is 1. The largest absolute Gasteiger partial charge is 0.350 e. The number of halogens is 1. The van der Waals surface area contributed by atoms with Gasteiger partial charge in [0.05, 0.1) is 0 Å². The van der Waals surface area contributed by atoms with Gasteiger partial charge in [0, 0.05) is 11.6 Å². The Labute approximate surface area is 114 Å². The molecular weight excluding hydrogens is 266 g/mol. The number of amides is 1. The summed E-state index contributed by atoms with van der Waals surface area (Å²) in [7, 11) is 0. The van der Waals surface area contributed by atoms with Crippen LogP contribution in [0.25, 0.3) is 0 Å². The molecule has 0 saturated heterocycles. The van der Waals surface area contributed by atoms with Gasteiger partial charge in [0.15, 0.2) is 0 Å². The molecule has 0 bridgehead atoms. The Morgan fingerprint density at radius 2 is 2.16 bits per heavy atom. The zero-order valence-electron chi connectivity index (χ0n) is 9.88. The summed E-state index contributed by atoms with van der Waals surface area (Å²) in [5.74, 6) is -0.104. The van der Waals surface area contributed by atoms with Gasteiger partial charge in [-0.25, -0.2) is 0 Å². The Morgan fingerprint density at radius 3 is 2.84 bits per heavy atom. The van der Waals surface area contributed by atoms with Gasteiger partial charge in [0.2, 0.25) is 11.7 Å². The summed E-state index contributed by atoms with van der Waals surface area (Å²) in [6.45, 7) is 0.420. The second kappa shape index (κ2) is 5.98. The third kappa shape index (κ3) is 3.53. The van der Waals surface area contributed by atoms with Gasteiger partial charge in [-0.3, -0.25) is 9.36 Å². The Morgan fingerprint density at radius 1 is 1.42 bits per heavy atom. The van der Waals surface area contributed by atoms with Crippen LogP contribution in [-0.4, -0.2) is 20.7 Å². The molecular formula is C12H10ClN5O. The van der Waals surface area contributed by atoms with Crippen LogP contribution in [0.3, 0.4) is 0 Å². The lowest BCUT2D eigenvalue weighted by Gasteiger charge is -2.06. The van der Waals surface area contributed by atoms with Gasteiger partial charge in [0.25, 0.3) is 0 Å². The van der Waals surface area contributed by atoms with E-state index in [0.717, 1.165) is 5.56 Å². The molecule has 1 aromatic heterocycles. The van der Waals surface area contributed by atoms with Gasteiger partial charge in [-0.15, -0.1) is 10.2 Å². The van der Waals surface area contributed by atoms with Crippen LogP contribution in [0.15, 0.2) is 30.6 Å². The Bertz CT molecular complexity index is 614. The van der Waals surface area contributed by atoms with Crippen LogP contribution < -0.4 is 5.32 Å². The molecule has 1 amide bonds. The number of hydrogen-bond acceptors (Lipinski definition) is 4. The Kier molecular flexibility index (Phi) is 4.11. The van der Waals surface area contributed by atoms with Gasteiger partial charge in [-0.05, 0) is 17.7 Å². The molecule has 96 valence electrons. The lowest BCUT2D eigenvalue weighted by molar-refractivity contribution is -0.121. The van der Waals surface area contributed by atoms with Crippen LogP contribution in [0.4, 0.5) is 0 Å². The van der Waals surface area contributed by atoms with E-state index in [1.807, 2.05) is 18.2 Å². The molecule has 0 aliphatic rings. The molecule has 7 heteroatoms. The second-order valence-electron chi connectivity index (χ2n) is 3.80. The maximum absolute atomic E-state index is 11.7. The predicted octanol–water partition coefficient (Wildman–Crippen LogP) is 1.12. The van der Waals surface area contributed by atoms with Gasteiger partial charge >= 0.3 is 0 Å². The number of carbonyl (C=O) groups is 1. The first-order valence-corrected chi connectivity index (χ1v) is 5.86. The van der Waals surface area contributed by atoms with E-state index in [-0.39, 0.29) is 18.3 Å². The molecule has 0 radical (unpaired) electrons. The smallest absolute Gasteiger partial charge is 0.240 e. The van der Waals surface area contributed by atoms with E-state index in [2.05, 4.69) is 15.5 Å². The number of nitriles is 1. The zero-order valence-corrected chi connectivity index (χ0v) is 10.6. The van der Waals surface area contributed by atoms with E-state index in [9.17, 15) is 4.79 Å². The van der Waals surface area contributed by atoms with Crippen molar-refractivity contribution in [2.75, 3.05) is 0 Å². The summed E-state index contributed by atoms with van der Waals surface area (Å²) >= 11 is 5.77. The van der Waals surface area contributed by atoms with Gasteiger partial charge in [0.1, 0.15) is 18.9 Å². The highest BCUT2D eigenvalue weighted by Gasteiger charge is 2.07. The van der Waals surface area contributed by atoms with Crippen molar-refractivity contribution in [3.63, 3.8) is 0 Å². The molecule has 0 spiro atoms. The van der Waals surface area contributed by atoms with Crippen molar-refractivity contribution in [3.05, 3.63) is 47.0 Å². The van der Waals surface area contributed by atoms with Crippen molar-refractivity contribution >= 4 is 17.5 Å². The molecule has 2 aromatic rings. The molecule has 0 atom stereocenters. The molecule has 0 fully saturated rings. The molecule has 1 heterocycles. The highest BCUT2D eigenvalue weighted by atomic mass is 35.5. The number of carbonyl (C=O) groups excluding carboxylic acids is 1. The Hall–Kier alpha value is -2.39. The highest BCUT2D eigenvalue weighted by molar-refractivity contribution is 6.30. The average molecular weight is 276 g/mol. The summed E-state index contributed by atoms with van der Waals surface area (Å²) in [5.41, 5.74) is 0.946. The van der Waals surface area contributed by atoms with E-state index in [1.54, 1.807) is 12.1 Å². The van der Waals surface area contributed by atoms with Crippen molar-refractivity contribution in [1.29, 1.82) is 5.26 Å². The summed E-state index contributed by atoms with van der Waals surface area (Å²) < 4.78 is 1.39. The first kappa shape index (κ1) is 13.1. The summed E-state index contributed by atoms with van der Waals surface area (Å²) in [6, 6.07) is 9.05. The minimum absolute atomic E-state index is 0.0173. The molecule has 0 saturated carbocycles. The lowest BCUT2D eigenvalue weighted by Crippen LogP contribution is -2.27. The van der Waals surface area contributed by atoms with Crippen molar-refractivity contribution in [2.24, 2.45) is 0 Å². The maximum atomic E-state index is 11.7. The summed E-state index contributed by atoms with van der Waals surface area (Å²) in [4.78, 5) is 11.7. The van der Waals surface area contributed by atoms with Crippen molar-refractivity contribution in [1.82, 2.24) is 20.1 Å². The van der Waals surface area contributed by atoms with Crippen molar-refractivity contribution < 1.29 is 4.79 Å². The van der Waals surface area contributed by atoms with Gasteiger partial charge in [-0.2, -0.15) is 5.26 Å². The van der Waals surface area contributed by atoms with Gasteiger partial charge < -0.3 is 5.32 Å². The first-order valence-electron chi connectivity index (χ1n) is 5.48. The minimum Gasteiger partial charge on any atom is -0.350 e. The third-order valence-corrected chi connectivity index (χ3v) is 2.68. The normalized spacial score (nSPS) is 9.89. The summed E-state index contributed by atoms with van der Waals surface area (Å²) in [6.07, 6.45) is 1.35. The van der Waals surface area contributed by atoms with Crippen LogP contribution in [-0.2, 0) is 17.9 Å². The first-order chi connectivity index (χ1) is 9.19. The van der Waals surface area contributed by atoms with E-state index in [4.69, 9.17) is 16.9 Å².